The fourth-order valence-electron chi connectivity index (χ4n) is 1.79. The standard InChI is InChI=1S/C14H16FNOS/c15-12-3-1-4-13(9-12)17-10-11(6-7-16)14-5-2-8-18-14/h1-5,8-9,11H,6-7,10,16H2. The van der Waals surface area contributed by atoms with Crippen LogP contribution in [0.3, 0.4) is 0 Å². The van der Waals surface area contributed by atoms with Crippen molar-refractivity contribution in [3.63, 3.8) is 0 Å². The lowest BCUT2D eigenvalue weighted by molar-refractivity contribution is 0.283. The quantitative estimate of drug-likeness (QED) is 0.868. The second-order valence-corrected chi connectivity index (χ2v) is 5.04. The Hall–Kier alpha value is -1.39. The second kappa shape index (κ2) is 6.52. The van der Waals surface area contributed by atoms with Gasteiger partial charge >= 0.3 is 0 Å². The fourth-order valence-corrected chi connectivity index (χ4v) is 2.64. The van der Waals surface area contributed by atoms with Crippen LogP contribution < -0.4 is 10.5 Å². The van der Waals surface area contributed by atoms with Gasteiger partial charge in [-0.2, -0.15) is 0 Å². The van der Waals surface area contributed by atoms with Crippen molar-refractivity contribution in [3.8, 4) is 5.75 Å². The Morgan fingerprint density at radius 2 is 2.17 bits per heavy atom. The highest BCUT2D eigenvalue weighted by Gasteiger charge is 2.12. The molecule has 0 aliphatic heterocycles. The topological polar surface area (TPSA) is 35.2 Å². The van der Waals surface area contributed by atoms with Gasteiger partial charge in [0.1, 0.15) is 11.6 Å². The van der Waals surface area contributed by atoms with Crippen LogP contribution in [0.1, 0.15) is 17.2 Å². The SMILES string of the molecule is NCCC(COc1cccc(F)c1)c1cccs1. The maximum Gasteiger partial charge on any atom is 0.126 e. The van der Waals surface area contributed by atoms with Crippen molar-refractivity contribution >= 4 is 11.3 Å². The summed E-state index contributed by atoms with van der Waals surface area (Å²) >= 11 is 1.70. The molecule has 4 heteroatoms. The third-order valence-corrected chi connectivity index (χ3v) is 3.74. The summed E-state index contributed by atoms with van der Waals surface area (Å²) in [5.41, 5.74) is 5.62. The minimum Gasteiger partial charge on any atom is -0.493 e. The van der Waals surface area contributed by atoms with Crippen LogP contribution in [0.5, 0.6) is 5.75 Å². The van der Waals surface area contributed by atoms with Crippen LogP contribution in [0.15, 0.2) is 41.8 Å². The Balaban J connectivity index is 1.98. The lowest BCUT2D eigenvalue weighted by Gasteiger charge is -2.15. The lowest BCUT2D eigenvalue weighted by Crippen LogP contribution is -2.14. The molecule has 2 rings (SSSR count). The van der Waals surface area contributed by atoms with E-state index < -0.39 is 0 Å². The molecule has 1 aromatic carbocycles. The van der Waals surface area contributed by atoms with Gasteiger partial charge in [0.15, 0.2) is 0 Å². The zero-order chi connectivity index (χ0) is 12.8. The van der Waals surface area contributed by atoms with Crippen molar-refractivity contribution in [2.45, 2.75) is 12.3 Å². The molecule has 0 fully saturated rings. The van der Waals surface area contributed by atoms with Crippen LogP contribution >= 0.6 is 11.3 Å². The van der Waals surface area contributed by atoms with Gasteiger partial charge in [0.2, 0.25) is 0 Å². The van der Waals surface area contributed by atoms with Crippen molar-refractivity contribution in [2.24, 2.45) is 5.73 Å². The molecular weight excluding hydrogens is 249 g/mol. The number of hydrogen-bond acceptors (Lipinski definition) is 3. The lowest BCUT2D eigenvalue weighted by atomic mass is 10.1. The summed E-state index contributed by atoms with van der Waals surface area (Å²) in [6.07, 6.45) is 0.871. The maximum atomic E-state index is 13.0. The number of nitrogens with two attached hydrogens (primary N) is 1. The molecular formula is C14H16FNOS. The van der Waals surface area contributed by atoms with E-state index in [-0.39, 0.29) is 11.7 Å². The van der Waals surface area contributed by atoms with Crippen LogP contribution in [0.2, 0.25) is 0 Å². The van der Waals surface area contributed by atoms with Crippen molar-refractivity contribution in [1.82, 2.24) is 0 Å². The van der Waals surface area contributed by atoms with Crippen LogP contribution in [0, 0.1) is 5.82 Å². The molecule has 18 heavy (non-hydrogen) atoms. The number of ether oxygens (including phenoxy) is 1. The first-order valence-corrected chi connectivity index (χ1v) is 6.79. The molecule has 96 valence electrons. The summed E-state index contributed by atoms with van der Waals surface area (Å²) in [6, 6.07) is 10.3. The molecule has 1 aromatic heterocycles. The average Bonchev–Trinajstić information content (AvgIpc) is 2.88. The first-order chi connectivity index (χ1) is 8.79. The summed E-state index contributed by atoms with van der Waals surface area (Å²) in [4.78, 5) is 1.26. The van der Waals surface area contributed by atoms with Crippen LogP contribution in [0.4, 0.5) is 4.39 Å². The monoisotopic (exact) mass is 265 g/mol. The van der Waals surface area contributed by atoms with E-state index in [0.717, 1.165) is 6.42 Å². The van der Waals surface area contributed by atoms with Crippen LogP contribution in [-0.4, -0.2) is 13.2 Å². The van der Waals surface area contributed by atoms with Gasteiger partial charge in [0.25, 0.3) is 0 Å². The highest BCUT2D eigenvalue weighted by atomic mass is 32.1. The van der Waals surface area contributed by atoms with Gasteiger partial charge in [-0.1, -0.05) is 12.1 Å². The largest absolute Gasteiger partial charge is 0.493 e. The highest BCUT2D eigenvalue weighted by molar-refractivity contribution is 7.10. The Labute approximate surface area is 110 Å². The molecule has 0 saturated carbocycles. The Morgan fingerprint density at radius 1 is 1.28 bits per heavy atom. The number of hydrogen-bond donors (Lipinski definition) is 1. The molecule has 0 aliphatic carbocycles. The van der Waals surface area contributed by atoms with Crippen molar-refractivity contribution in [3.05, 3.63) is 52.5 Å². The molecule has 2 aromatic rings. The number of rotatable bonds is 6. The van der Waals surface area contributed by atoms with Crippen molar-refractivity contribution in [2.75, 3.05) is 13.2 Å². The molecule has 0 saturated heterocycles. The smallest absolute Gasteiger partial charge is 0.126 e. The maximum absolute atomic E-state index is 13.0. The zero-order valence-corrected chi connectivity index (χ0v) is 10.8. The Kier molecular flexibility index (Phi) is 4.73. The third kappa shape index (κ3) is 3.55. The van der Waals surface area contributed by atoms with Crippen LogP contribution in [-0.2, 0) is 0 Å². The molecule has 0 spiro atoms. The predicted octanol–water partition coefficient (Wildman–Crippen LogP) is 3.40. The summed E-state index contributed by atoms with van der Waals surface area (Å²) < 4.78 is 18.7. The van der Waals surface area contributed by atoms with Gasteiger partial charge in [-0.3, -0.25) is 0 Å². The first kappa shape index (κ1) is 13.1. The summed E-state index contributed by atoms with van der Waals surface area (Å²) in [5, 5.41) is 2.04. The van der Waals surface area contributed by atoms with Crippen molar-refractivity contribution in [1.29, 1.82) is 0 Å². The van der Waals surface area contributed by atoms with E-state index in [1.807, 2.05) is 11.4 Å². The summed E-state index contributed by atoms with van der Waals surface area (Å²) in [6.45, 7) is 1.15. The van der Waals surface area contributed by atoms with Crippen molar-refractivity contribution < 1.29 is 9.13 Å². The molecule has 1 unspecified atom stereocenters. The fraction of sp³-hybridized carbons (Fsp3) is 0.286. The average molecular weight is 265 g/mol. The molecule has 0 aliphatic rings. The second-order valence-electron chi connectivity index (χ2n) is 4.06. The predicted molar refractivity (Wildman–Crippen MR) is 72.6 cm³/mol. The van der Waals surface area contributed by atoms with Gasteiger partial charge < -0.3 is 10.5 Å². The van der Waals surface area contributed by atoms with E-state index in [1.165, 1.54) is 17.0 Å². The number of halogens is 1. The molecule has 0 amide bonds. The Bertz CT molecular complexity index is 472. The molecule has 2 N–H and O–H groups in total. The summed E-state index contributed by atoms with van der Waals surface area (Å²) in [5.74, 6) is 0.561. The van der Waals surface area contributed by atoms with Gasteiger partial charge in [-0.15, -0.1) is 11.3 Å². The molecule has 1 heterocycles. The zero-order valence-electron chi connectivity index (χ0n) is 10.0. The third-order valence-electron chi connectivity index (χ3n) is 2.71. The Morgan fingerprint density at radius 3 is 2.83 bits per heavy atom. The molecule has 0 bridgehead atoms. The molecule has 1 atom stereocenters. The van der Waals surface area contributed by atoms with Gasteiger partial charge in [0, 0.05) is 16.9 Å². The van der Waals surface area contributed by atoms with E-state index in [2.05, 4.69) is 6.07 Å². The normalized spacial score (nSPS) is 12.3. The molecule has 2 nitrogen and oxygen atoms in total. The number of benzene rings is 1. The molecule has 0 radical (unpaired) electrons. The van der Waals surface area contributed by atoms with E-state index in [1.54, 1.807) is 23.5 Å². The minimum absolute atomic E-state index is 0.276. The van der Waals surface area contributed by atoms with Gasteiger partial charge in [0.05, 0.1) is 6.61 Å². The van der Waals surface area contributed by atoms with Crippen LogP contribution in [0.25, 0.3) is 0 Å². The number of thiophene rings is 1. The van der Waals surface area contributed by atoms with E-state index in [0.29, 0.717) is 18.9 Å². The van der Waals surface area contributed by atoms with E-state index in [9.17, 15) is 4.39 Å². The van der Waals surface area contributed by atoms with E-state index in [4.69, 9.17) is 10.5 Å². The minimum atomic E-state index is -0.279. The van der Waals surface area contributed by atoms with Gasteiger partial charge in [-0.25, -0.2) is 4.39 Å². The van der Waals surface area contributed by atoms with Gasteiger partial charge in [-0.05, 0) is 36.5 Å². The highest BCUT2D eigenvalue weighted by Crippen LogP contribution is 2.25. The summed E-state index contributed by atoms with van der Waals surface area (Å²) in [7, 11) is 0. The van der Waals surface area contributed by atoms with E-state index >= 15 is 0 Å². The first-order valence-electron chi connectivity index (χ1n) is 5.91.